The molecule has 1 heterocycles. The van der Waals surface area contributed by atoms with Crippen LogP contribution in [0.4, 0.5) is 4.79 Å². The number of amides is 2. The van der Waals surface area contributed by atoms with Crippen molar-refractivity contribution in [3.8, 4) is 11.5 Å². The standard InChI is InChI=1S/C30H45NO4Si/c1-9-13-27(28(32)18-24(8)16-17-36(21(2)3,22(4)5)23(6)7)29(33)31-26(20-35-30(31)34)19-25-14-11-10-12-15-25/h9-12,14-15,21-24,26-28,32H,1,13,18-20H2,2-8H3/t24-,26+,27+,28-/m1/s1. The molecule has 1 aromatic rings. The Balaban J connectivity index is 2.20. The van der Waals surface area contributed by atoms with Crippen LogP contribution in [0.25, 0.3) is 0 Å². The number of hydrogen-bond donors (Lipinski definition) is 1. The molecule has 1 N–H and O–H groups in total. The summed E-state index contributed by atoms with van der Waals surface area (Å²) in [5, 5.41) is 11.2. The molecule has 1 fully saturated rings. The highest BCUT2D eigenvalue weighted by atomic mass is 28.3. The highest BCUT2D eigenvalue weighted by Crippen LogP contribution is 2.41. The fourth-order valence-electron chi connectivity index (χ4n) is 5.81. The van der Waals surface area contributed by atoms with Gasteiger partial charge in [0.15, 0.2) is 0 Å². The molecule has 0 saturated carbocycles. The Morgan fingerprint density at radius 2 is 1.72 bits per heavy atom. The molecular weight excluding hydrogens is 466 g/mol. The second-order valence-electron chi connectivity index (χ2n) is 11.1. The average Bonchev–Trinajstić information content (AvgIpc) is 3.17. The van der Waals surface area contributed by atoms with E-state index in [0.717, 1.165) is 5.56 Å². The zero-order valence-corrected chi connectivity index (χ0v) is 24.2. The first kappa shape index (κ1) is 29.9. The summed E-state index contributed by atoms with van der Waals surface area (Å²) >= 11 is 0. The van der Waals surface area contributed by atoms with Gasteiger partial charge in [-0.25, -0.2) is 9.69 Å². The Bertz CT molecular complexity index is 925. The van der Waals surface area contributed by atoms with Crippen LogP contribution >= 0.6 is 0 Å². The first-order valence-electron chi connectivity index (χ1n) is 13.3. The van der Waals surface area contributed by atoms with Crippen molar-refractivity contribution >= 4 is 20.1 Å². The smallest absolute Gasteiger partial charge is 0.416 e. The van der Waals surface area contributed by atoms with Gasteiger partial charge in [0.25, 0.3) is 0 Å². The molecule has 0 aromatic heterocycles. The molecule has 4 atom stereocenters. The lowest BCUT2D eigenvalue weighted by Gasteiger charge is -2.38. The van der Waals surface area contributed by atoms with Gasteiger partial charge in [-0.2, -0.15) is 0 Å². The number of aliphatic hydroxyl groups is 1. The van der Waals surface area contributed by atoms with E-state index in [4.69, 9.17) is 4.74 Å². The molecule has 1 aromatic carbocycles. The van der Waals surface area contributed by atoms with Gasteiger partial charge in [0.05, 0.1) is 18.1 Å². The maximum atomic E-state index is 13.5. The molecule has 198 valence electrons. The average molecular weight is 512 g/mol. The lowest BCUT2D eigenvalue weighted by atomic mass is 9.90. The molecule has 2 amide bonds. The van der Waals surface area contributed by atoms with Crippen LogP contribution in [0.3, 0.4) is 0 Å². The lowest BCUT2D eigenvalue weighted by molar-refractivity contribution is -0.137. The molecule has 0 aliphatic carbocycles. The van der Waals surface area contributed by atoms with Gasteiger partial charge in [0.1, 0.15) is 14.7 Å². The van der Waals surface area contributed by atoms with E-state index in [1.165, 1.54) is 4.90 Å². The zero-order chi connectivity index (χ0) is 27.0. The second-order valence-corrected chi connectivity index (χ2v) is 16.7. The van der Waals surface area contributed by atoms with Gasteiger partial charge in [-0.05, 0) is 41.4 Å². The SMILES string of the molecule is C=CC[C@H](C(=O)N1C(=O)OC[C@@H]1Cc1ccccc1)[C@H](O)C[C@H](C)C#C[Si](C(C)C)(C(C)C)C(C)C. The Hall–Kier alpha value is -2.36. The van der Waals surface area contributed by atoms with E-state index in [-0.39, 0.29) is 25.0 Å². The molecule has 0 spiro atoms. The molecule has 1 aliphatic rings. The largest absolute Gasteiger partial charge is 0.447 e. The molecule has 0 bridgehead atoms. The van der Waals surface area contributed by atoms with Crippen molar-refractivity contribution in [1.29, 1.82) is 0 Å². The van der Waals surface area contributed by atoms with Gasteiger partial charge < -0.3 is 9.84 Å². The summed E-state index contributed by atoms with van der Waals surface area (Å²) in [5.41, 5.74) is 6.33. The van der Waals surface area contributed by atoms with Crippen molar-refractivity contribution in [1.82, 2.24) is 4.90 Å². The number of carbonyl (C=O) groups excluding carboxylic acids is 2. The van der Waals surface area contributed by atoms with E-state index in [0.29, 0.717) is 29.5 Å². The number of benzene rings is 1. The van der Waals surface area contributed by atoms with Crippen molar-refractivity contribution in [3.63, 3.8) is 0 Å². The number of aliphatic hydroxyl groups excluding tert-OH is 1. The Morgan fingerprint density at radius 1 is 1.14 bits per heavy atom. The molecule has 1 aliphatic heterocycles. The minimum absolute atomic E-state index is 0.0751. The predicted molar refractivity (Wildman–Crippen MR) is 149 cm³/mol. The Kier molecular flexibility index (Phi) is 11.0. The molecule has 5 nitrogen and oxygen atoms in total. The highest BCUT2D eigenvalue weighted by Gasteiger charge is 2.43. The number of ether oxygens (including phenoxy) is 1. The number of rotatable bonds is 11. The molecule has 0 unspecified atom stereocenters. The van der Waals surface area contributed by atoms with Crippen molar-refractivity contribution in [2.75, 3.05) is 6.61 Å². The summed E-state index contributed by atoms with van der Waals surface area (Å²) in [6, 6.07) is 9.34. The van der Waals surface area contributed by atoms with Crippen molar-refractivity contribution < 1.29 is 19.4 Å². The maximum absolute atomic E-state index is 13.5. The van der Waals surface area contributed by atoms with Crippen LogP contribution in [0.2, 0.25) is 16.6 Å². The molecule has 0 radical (unpaired) electrons. The van der Waals surface area contributed by atoms with Gasteiger partial charge in [0.2, 0.25) is 5.91 Å². The predicted octanol–water partition coefficient (Wildman–Crippen LogP) is 6.38. The number of nitrogens with zero attached hydrogens (tertiary/aromatic N) is 1. The summed E-state index contributed by atoms with van der Waals surface area (Å²) in [4.78, 5) is 27.3. The van der Waals surface area contributed by atoms with Crippen molar-refractivity contribution in [3.05, 3.63) is 48.6 Å². The van der Waals surface area contributed by atoms with Crippen molar-refractivity contribution in [2.45, 2.75) is 96.5 Å². The van der Waals surface area contributed by atoms with Crippen LogP contribution in [0, 0.1) is 23.3 Å². The van der Waals surface area contributed by atoms with Gasteiger partial charge in [0, 0.05) is 5.92 Å². The molecule has 36 heavy (non-hydrogen) atoms. The number of carbonyl (C=O) groups is 2. The number of hydrogen-bond acceptors (Lipinski definition) is 4. The minimum atomic E-state index is -1.88. The first-order valence-corrected chi connectivity index (χ1v) is 15.5. The van der Waals surface area contributed by atoms with E-state index in [1.807, 2.05) is 37.3 Å². The quantitative estimate of drug-likeness (QED) is 0.213. The summed E-state index contributed by atoms with van der Waals surface area (Å²) in [6.07, 6.45) is 1.22. The summed E-state index contributed by atoms with van der Waals surface area (Å²) < 4.78 is 5.24. The first-order chi connectivity index (χ1) is 16.9. The van der Waals surface area contributed by atoms with Crippen molar-refractivity contribution in [2.24, 2.45) is 11.8 Å². The third-order valence-corrected chi connectivity index (χ3v) is 14.0. The zero-order valence-electron chi connectivity index (χ0n) is 23.2. The Labute approximate surface area is 219 Å². The fourth-order valence-corrected chi connectivity index (χ4v) is 11.2. The van der Waals surface area contributed by atoms with Crippen LogP contribution in [0.5, 0.6) is 0 Å². The van der Waals surface area contributed by atoms with Crippen LogP contribution in [0.15, 0.2) is 43.0 Å². The van der Waals surface area contributed by atoms with Gasteiger partial charge in [-0.15, -0.1) is 18.0 Å². The van der Waals surface area contributed by atoms with E-state index >= 15 is 0 Å². The van der Waals surface area contributed by atoms with E-state index in [1.54, 1.807) is 6.08 Å². The highest BCUT2D eigenvalue weighted by molar-refractivity contribution is 6.90. The monoisotopic (exact) mass is 511 g/mol. The summed E-state index contributed by atoms with van der Waals surface area (Å²) in [7, 11) is -1.88. The lowest BCUT2D eigenvalue weighted by Crippen LogP contribution is -2.46. The number of allylic oxidation sites excluding steroid dienone is 1. The number of imide groups is 1. The summed E-state index contributed by atoms with van der Waals surface area (Å²) in [6.45, 7) is 19.6. The fraction of sp³-hybridized carbons (Fsp3) is 0.600. The molecule has 6 heteroatoms. The maximum Gasteiger partial charge on any atom is 0.416 e. The second kappa shape index (κ2) is 13.3. The van der Waals surface area contributed by atoms with Gasteiger partial charge in [-0.3, -0.25) is 4.79 Å². The van der Waals surface area contributed by atoms with E-state index in [9.17, 15) is 14.7 Å². The third-order valence-electron chi connectivity index (χ3n) is 7.71. The van der Waals surface area contributed by atoms with Gasteiger partial charge >= 0.3 is 6.09 Å². The Morgan fingerprint density at radius 3 is 2.25 bits per heavy atom. The third kappa shape index (κ3) is 6.89. The summed E-state index contributed by atoms with van der Waals surface area (Å²) in [5.74, 6) is 2.22. The van der Waals surface area contributed by atoms with E-state index in [2.05, 4.69) is 59.6 Å². The molecular formula is C30H45NO4Si. The molecule has 1 saturated heterocycles. The normalized spacial score (nSPS) is 18.6. The topological polar surface area (TPSA) is 66.8 Å². The van der Waals surface area contributed by atoms with Crippen LogP contribution in [-0.2, 0) is 16.0 Å². The van der Waals surface area contributed by atoms with Crippen LogP contribution < -0.4 is 0 Å². The van der Waals surface area contributed by atoms with Crippen LogP contribution in [-0.4, -0.2) is 48.8 Å². The van der Waals surface area contributed by atoms with Crippen LogP contribution in [0.1, 0.15) is 66.9 Å². The number of cyclic esters (lactones) is 1. The van der Waals surface area contributed by atoms with E-state index < -0.39 is 32.1 Å². The molecule has 2 rings (SSSR count). The van der Waals surface area contributed by atoms with Gasteiger partial charge in [-0.1, -0.05) is 84.9 Å². The minimum Gasteiger partial charge on any atom is -0.447 e.